The Bertz CT molecular complexity index is 1200. The van der Waals surface area contributed by atoms with Crippen LogP contribution in [-0.2, 0) is 9.59 Å². The lowest BCUT2D eigenvalue weighted by molar-refractivity contribution is -0.122. The van der Waals surface area contributed by atoms with Gasteiger partial charge in [0.1, 0.15) is 17.3 Å². The highest BCUT2D eigenvalue weighted by atomic mass is 19.1. The van der Waals surface area contributed by atoms with E-state index in [1.54, 1.807) is 12.1 Å². The van der Waals surface area contributed by atoms with Crippen LogP contribution in [0.1, 0.15) is 42.2 Å². The van der Waals surface area contributed by atoms with Crippen LogP contribution in [0.4, 0.5) is 4.39 Å². The SMILES string of the molecule is O=C1CC(c2cccc(Oc3ccccc3)c2)C2=C(CC(c3ccc(F)cc3)CC2=O)N1. The average molecular weight is 427 g/mol. The number of halogens is 1. The molecule has 0 saturated carbocycles. The Morgan fingerprint density at radius 3 is 2.31 bits per heavy atom. The van der Waals surface area contributed by atoms with Gasteiger partial charge in [-0.3, -0.25) is 9.59 Å². The van der Waals surface area contributed by atoms with Crippen molar-refractivity contribution in [2.24, 2.45) is 0 Å². The number of benzene rings is 3. The first-order valence-corrected chi connectivity index (χ1v) is 10.7. The number of hydrogen-bond donors (Lipinski definition) is 1. The van der Waals surface area contributed by atoms with Crippen molar-refractivity contribution in [3.05, 3.63) is 107 Å². The fraction of sp³-hybridized carbons (Fsp3) is 0.185. The van der Waals surface area contributed by atoms with Crippen molar-refractivity contribution in [1.82, 2.24) is 5.32 Å². The van der Waals surface area contributed by atoms with E-state index in [4.69, 9.17) is 4.74 Å². The molecule has 0 aromatic heterocycles. The van der Waals surface area contributed by atoms with E-state index in [1.165, 1.54) is 12.1 Å². The second-order valence-corrected chi connectivity index (χ2v) is 8.26. The van der Waals surface area contributed by atoms with Crippen LogP contribution in [0.15, 0.2) is 90.1 Å². The Hall–Kier alpha value is -3.73. The number of allylic oxidation sites excluding steroid dienone is 2. The van der Waals surface area contributed by atoms with Gasteiger partial charge >= 0.3 is 0 Å². The third kappa shape index (κ3) is 4.06. The number of ether oxygens (including phenoxy) is 1. The second-order valence-electron chi connectivity index (χ2n) is 8.26. The number of para-hydroxylation sites is 1. The molecule has 32 heavy (non-hydrogen) atoms. The molecule has 2 unspecified atom stereocenters. The minimum absolute atomic E-state index is 0.0277. The van der Waals surface area contributed by atoms with Crippen molar-refractivity contribution < 1.29 is 18.7 Å². The molecule has 5 heteroatoms. The van der Waals surface area contributed by atoms with Crippen molar-refractivity contribution in [2.75, 3.05) is 0 Å². The van der Waals surface area contributed by atoms with Crippen LogP contribution in [0, 0.1) is 5.82 Å². The summed E-state index contributed by atoms with van der Waals surface area (Å²) in [5.74, 6) is 0.625. The summed E-state index contributed by atoms with van der Waals surface area (Å²) in [7, 11) is 0. The van der Waals surface area contributed by atoms with E-state index in [0.717, 1.165) is 16.9 Å². The molecule has 4 nitrogen and oxygen atoms in total. The van der Waals surface area contributed by atoms with Crippen LogP contribution >= 0.6 is 0 Å². The van der Waals surface area contributed by atoms with Gasteiger partial charge in [-0.2, -0.15) is 0 Å². The van der Waals surface area contributed by atoms with Gasteiger partial charge < -0.3 is 10.1 Å². The highest BCUT2D eigenvalue weighted by Gasteiger charge is 2.38. The Labute approximate surface area is 185 Å². The van der Waals surface area contributed by atoms with E-state index in [1.807, 2.05) is 54.6 Å². The summed E-state index contributed by atoms with van der Waals surface area (Å²) in [6, 6.07) is 23.3. The second kappa shape index (κ2) is 8.42. The fourth-order valence-electron chi connectivity index (χ4n) is 4.63. The van der Waals surface area contributed by atoms with Crippen LogP contribution in [-0.4, -0.2) is 11.7 Å². The van der Waals surface area contributed by atoms with Crippen molar-refractivity contribution >= 4 is 11.7 Å². The molecule has 0 bridgehead atoms. The molecule has 0 radical (unpaired) electrons. The van der Waals surface area contributed by atoms with Gasteiger partial charge in [0.05, 0.1) is 0 Å². The summed E-state index contributed by atoms with van der Waals surface area (Å²) >= 11 is 0. The monoisotopic (exact) mass is 427 g/mol. The van der Waals surface area contributed by atoms with E-state index in [9.17, 15) is 14.0 Å². The lowest BCUT2D eigenvalue weighted by atomic mass is 9.73. The van der Waals surface area contributed by atoms with Gasteiger partial charge in [0.2, 0.25) is 5.91 Å². The van der Waals surface area contributed by atoms with Crippen LogP contribution in [0.2, 0.25) is 0 Å². The maximum absolute atomic E-state index is 13.3. The summed E-state index contributed by atoms with van der Waals surface area (Å²) in [6.45, 7) is 0. The van der Waals surface area contributed by atoms with Crippen LogP contribution in [0.3, 0.4) is 0 Å². The number of ketones is 1. The number of carbonyl (C=O) groups excluding carboxylic acids is 2. The third-order valence-corrected chi connectivity index (χ3v) is 6.12. The van der Waals surface area contributed by atoms with Gasteiger partial charge in [-0.1, -0.05) is 42.5 Å². The lowest BCUT2D eigenvalue weighted by Gasteiger charge is -2.34. The van der Waals surface area contributed by atoms with Gasteiger partial charge in [0.25, 0.3) is 0 Å². The van der Waals surface area contributed by atoms with E-state index in [2.05, 4.69) is 5.32 Å². The van der Waals surface area contributed by atoms with Crippen LogP contribution in [0.5, 0.6) is 11.5 Å². The minimum Gasteiger partial charge on any atom is -0.457 e. The first kappa shape index (κ1) is 20.2. The van der Waals surface area contributed by atoms with Gasteiger partial charge in [0, 0.05) is 30.0 Å². The van der Waals surface area contributed by atoms with E-state index in [-0.39, 0.29) is 35.8 Å². The molecule has 1 aliphatic heterocycles. The minimum atomic E-state index is -0.306. The quantitative estimate of drug-likeness (QED) is 0.588. The summed E-state index contributed by atoms with van der Waals surface area (Å²) in [6.07, 6.45) is 1.12. The highest BCUT2D eigenvalue weighted by Crippen LogP contribution is 2.43. The molecule has 160 valence electrons. The Balaban J connectivity index is 1.45. The highest BCUT2D eigenvalue weighted by molar-refractivity contribution is 6.02. The van der Waals surface area contributed by atoms with Crippen LogP contribution < -0.4 is 10.1 Å². The van der Waals surface area contributed by atoms with E-state index >= 15 is 0 Å². The number of rotatable bonds is 4. The zero-order valence-electron chi connectivity index (χ0n) is 17.4. The molecule has 5 rings (SSSR count). The summed E-state index contributed by atoms with van der Waals surface area (Å²) in [4.78, 5) is 25.8. The maximum atomic E-state index is 13.3. The van der Waals surface area contributed by atoms with Crippen molar-refractivity contribution in [1.29, 1.82) is 0 Å². The fourth-order valence-corrected chi connectivity index (χ4v) is 4.63. The first-order valence-electron chi connectivity index (χ1n) is 10.7. The molecule has 2 aliphatic rings. The molecule has 1 N–H and O–H groups in total. The molecular weight excluding hydrogens is 405 g/mol. The molecule has 3 aromatic rings. The maximum Gasteiger partial charge on any atom is 0.225 e. The predicted octanol–water partition coefficient (Wildman–Crippen LogP) is 5.62. The summed E-state index contributed by atoms with van der Waals surface area (Å²) in [5.41, 5.74) is 3.15. The Morgan fingerprint density at radius 2 is 1.53 bits per heavy atom. The van der Waals surface area contributed by atoms with Crippen molar-refractivity contribution in [2.45, 2.75) is 31.1 Å². The molecule has 2 atom stereocenters. The van der Waals surface area contributed by atoms with Gasteiger partial charge in [0.15, 0.2) is 5.78 Å². The van der Waals surface area contributed by atoms with Crippen LogP contribution in [0.25, 0.3) is 0 Å². The molecule has 0 spiro atoms. The Kier molecular flexibility index (Phi) is 5.31. The van der Waals surface area contributed by atoms with Gasteiger partial charge in [-0.25, -0.2) is 4.39 Å². The van der Waals surface area contributed by atoms with Crippen molar-refractivity contribution in [3.63, 3.8) is 0 Å². The van der Waals surface area contributed by atoms with E-state index < -0.39 is 0 Å². The Morgan fingerprint density at radius 1 is 0.781 bits per heavy atom. The zero-order chi connectivity index (χ0) is 22.1. The average Bonchev–Trinajstić information content (AvgIpc) is 2.79. The molecule has 0 fully saturated rings. The number of carbonyl (C=O) groups is 2. The molecular formula is C27H22FNO3. The molecule has 0 saturated heterocycles. The summed E-state index contributed by atoms with van der Waals surface area (Å²) < 4.78 is 19.3. The number of hydrogen-bond acceptors (Lipinski definition) is 3. The van der Waals surface area contributed by atoms with E-state index in [0.29, 0.717) is 29.9 Å². The molecule has 1 aliphatic carbocycles. The lowest BCUT2D eigenvalue weighted by Crippen LogP contribution is -2.38. The summed E-state index contributed by atoms with van der Waals surface area (Å²) in [5, 5.41) is 2.93. The normalized spacial score (nSPS) is 20.5. The topological polar surface area (TPSA) is 55.4 Å². The predicted molar refractivity (Wildman–Crippen MR) is 119 cm³/mol. The number of amides is 1. The van der Waals surface area contributed by atoms with Gasteiger partial charge in [-0.05, 0) is 59.9 Å². The molecule has 1 amide bonds. The largest absolute Gasteiger partial charge is 0.457 e. The molecule has 3 aromatic carbocycles. The number of nitrogens with one attached hydrogen (secondary N) is 1. The number of Topliss-reactive ketones (excluding diaryl/α,β-unsaturated/α-hetero) is 1. The first-order chi connectivity index (χ1) is 15.6. The van der Waals surface area contributed by atoms with Gasteiger partial charge in [-0.15, -0.1) is 0 Å². The van der Waals surface area contributed by atoms with Crippen molar-refractivity contribution in [3.8, 4) is 11.5 Å². The zero-order valence-corrected chi connectivity index (χ0v) is 17.4. The standard InChI is InChI=1S/C27H22FNO3/c28-20-11-9-17(10-12-20)19-14-24-27(25(30)15-19)23(16-26(31)29-24)18-5-4-8-22(13-18)32-21-6-2-1-3-7-21/h1-13,19,23H,14-16H2,(H,29,31). The third-order valence-electron chi connectivity index (χ3n) is 6.12. The molecule has 1 heterocycles. The smallest absolute Gasteiger partial charge is 0.225 e.